The fourth-order valence-corrected chi connectivity index (χ4v) is 4.15. The van der Waals surface area contributed by atoms with E-state index in [1.54, 1.807) is 17.8 Å². The number of rotatable bonds is 5. The van der Waals surface area contributed by atoms with Crippen molar-refractivity contribution in [2.24, 2.45) is 0 Å². The molecule has 21 heavy (non-hydrogen) atoms. The van der Waals surface area contributed by atoms with Gasteiger partial charge in [0.05, 0.1) is 10.5 Å². The van der Waals surface area contributed by atoms with Gasteiger partial charge in [0.2, 0.25) is 0 Å². The summed E-state index contributed by atoms with van der Waals surface area (Å²) in [5, 5.41) is 13.8. The molecule has 5 nitrogen and oxygen atoms in total. The number of thioether (sulfide) groups is 1. The van der Waals surface area contributed by atoms with Crippen LogP contribution in [0.4, 0.5) is 5.69 Å². The van der Waals surface area contributed by atoms with Crippen molar-refractivity contribution < 1.29 is 9.72 Å². The summed E-state index contributed by atoms with van der Waals surface area (Å²) in [5.41, 5.74) is 0.210. The highest BCUT2D eigenvalue weighted by Crippen LogP contribution is 2.39. The van der Waals surface area contributed by atoms with Crippen molar-refractivity contribution in [1.82, 2.24) is 5.32 Å². The van der Waals surface area contributed by atoms with Crippen LogP contribution in [0.25, 0.3) is 0 Å². The number of hydrogen-bond acceptors (Lipinski definition) is 4. The first-order valence-corrected chi connectivity index (χ1v) is 8.77. The lowest BCUT2D eigenvalue weighted by molar-refractivity contribution is -0.385. The number of nitrogens with zero attached hydrogens (tertiary/aromatic N) is 1. The second-order valence-electron chi connectivity index (χ2n) is 5.17. The summed E-state index contributed by atoms with van der Waals surface area (Å²) < 4.78 is 0.347. The van der Waals surface area contributed by atoms with Gasteiger partial charge in [-0.05, 0) is 41.1 Å². The number of amides is 1. The predicted octanol–water partition coefficient (Wildman–Crippen LogP) is 3.76. The Hall–Kier alpha value is -1.08. The van der Waals surface area contributed by atoms with Gasteiger partial charge in [0.1, 0.15) is 4.47 Å². The molecule has 7 heteroatoms. The van der Waals surface area contributed by atoms with Crippen molar-refractivity contribution >= 4 is 39.3 Å². The normalized spacial score (nSPS) is 16.7. The Labute approximate surface area is 136 Å². The highest BCUT2D eigenvalue weighted by molar-refractivity contribution is 9.10. The van der Waals surface area contributed by atoms with Crippen LogP contribution in [0.2, 0.25) is 0 Å². The molecule has 1 aliphatic carbocycles. The second kappa shape index (κ2) is 6.79. The molecule has 0 saturated heterocycles. The van der Waals surface area contributed by atoms with Gasteiger partial charge in [0.15, 0.2) is 0 Å². The summed E-state index contributed by atoms with van der Waals surface area (Å²) in [6.45, 7) is 0.599. The summed E-state index contributed by atoms with van der Waals surface area (Å²) >= 11 is 4.95. The number of benzene rings is 1. The predicted molar refractivity (Wildman–Crippen MR) is 87.8 cm³/mol. The molecule has 1 amide bonds. The van der Waals surface area contributed by atoms with Crippen LogP contribution in [0.15, 0.2) is 22.7 Å². The monoisotopic (exact) mass is 372 g/mol. The Kier molecular flexibility index (Phi) is 5.27. The molecular weight excluding hydrogens is 356 g/mol. The van der Waals surface area contributed by atoms with Crippen LogP contribution >= 0.6 is 27.7 Å². The average Bonchev–Trinajstić information content (AvgIpc) is 2.94. The van der Waals surface area contributed by atoms with Gasteiger partial charge in [-0.1, -0.05) is 18.9 Å². The number of nitro benzene ring substituents is 1. The first-order chi connectivity index (χ1) is 9.99. The topological polar surface area (TPSA) is 72.2 Å². The van der Waals surface area contributed by atoms with Crippen LogP contribution in [0, 0.1) is 10.1 Å². The number of nitrogens with one attached hydrogen (secondary N) is 1. The van der Waals surface area contributed by atoms with Gasteiger partial charge in [0.25, 0.3) is 11.6 Å². The van der Waals surface area contributed by atoms with Crippen molar-refractivity contribution in [1.29, 1.82) is 0 Å². The zero-order valence-electron chi connectivity index (χ0n) is 11.7. The lowest BCUT2D eigenvalue weighted by Crippen LogP contribution is -2.38. The summed E-state index contributed by atoms with van der Waals surface area (Å²) in [6.07, 6.45) is 6.66. The van der Waals surface area contributed by atoms with Crippen LogP contribution < -0.4 is 5.32 Å². The molecule has 0 aliphatic heterocycles. The maximum Gasteiger partial charge on any atom is 0.284 e. The summed E-state index contributed by atoms with van der Waals surface area (Å²) in [6, 6.07) is 4.49. The van der Waals surface area contributed by atoms with Crippen molar-refractivity contribution in [3.63, 3.8) is 0 Å². The third kappa shape index (κ3) is 3.58. The molecule has 0 spiro atoms. The van der Waals surface area contributed by atoms with Crippen molar-refractivity contribution in [3.8, 4) is 0 Å². The Balaban J connectivity index is 2.10. The number of nitro groups is 1. The molecule has 1 fully saturated rings. The van der Waals surface area contributed by atoms with E-state index in [4.69, 9.17) is 0 Å². The minimum atomic E-state index is -0.499. The van der Waals surface area contributed by atoms with E-state index in [2.05, 4.69) is 27.5 Å². The molecule has 2 rings (SSSR count). The fraction of sp³-hybridized carbons (Fsp3) is 0.500. The Morgan fingerprint density at radius 3 is 2.71 bits per heavy atom. The van der Waals surface area contributed by atoms with Gasteiger partial charge in [-0.15, -0.1) is 0 Å². The van der Waals surface area contributed by atoms with Gasteiger partial charge in [-0.3, -0.25) is 14.9 Å². The molecule has 1 aromatic carbocycles. The quantitative estimate of drug-likeness (QED) is 0.630. The molecule has 1 saturated carbocycles. The molecule has 0 bridgehead atoms. The van der Waals surface area contributed by atoms with Gasteiger partial charge in [0, 0.05) is 17.4 Å². The molecule has 0 heterocycles. The van der Waals surface area contributed by atoms with E-state index in [-0.39, 0.29) is 20.8 Å². The summed E-state index contributed by atoms with van der Waals surface area (Å²) in [4.78, 5) is 22.7. The van der Waals surface area contributed by atoms with Crippen LogP contribution in [0.3, 0.4) is 0 Å². The van der Waals surface area contributed by atoms with E-state index in [0.717, 1.165) is 12.8 Å². The van der Waals surface area contributed by atoms with E-state index < -0.39 is 4.92 Å². The molecule has 0 atom stereocenters. The molecule has 0 radical (unpaired) electrons. The first-order valence-electron chi connectivity index (χ1n) is 6.75. The van der Waals surface area contributed by atoms with Crippen molar-refractivity contribution in [2.45, 2.75) is 30.4 Å². The van der Waals surface area contributed by atoms with Gasteiger partial charge in [-0.2, -0.15) is 11.8 Å². The average molecular weight is 373 g/mol. The zero-order chi connectivity index (χ0) is 15.5. The van der Waals surface area contributed by atoms with Crippen LogP contribution in [0.5, 0.6) is 0 Å². The smallest absolute Gasteiger partial charge is 0.284 e. The fourth-order valence-electron chi connectivity index (χ4n) is 2.65. The maximum atomic E-state index is 12.3. The minimum absolute atomic E-state index is 0.0944. The molecule has 1 aromatic rings. The van der Waals surface area contributed by atoms with E-state index >= 15 is 0 Å². The molecule has 0 unspecified atom stereocenters. The van der Waals surface area contributed by atoms with Crippen LogP contribution in [0.1, 0.15) is 36.0 Å². The Bertz CT molecular complexity index is 559. The molecule has 1 N–H and O–H groups in total. The molecule has 0 aromatic heterocycles. The lowest BCUT2D eigenvalue weighted by Gasteiger charge is -2.27. The van der Waals surface area contributed by atoms with Crippen molar-refractivity contribution in [3.05, 3.63) is 38.3 Å². The minimum Gasteiger partial charge on any atom is -0.351 e. The van der Waals surface area contributed by atoms with Crippen LogP contribution in [-0.4, -0.2) is 28.4 Å². The Morgan fingerprint density at radius 2 is 2.14 bits per heavy atom. The van der Waals surface area contributed by atoms with E-state index in [1.165, 1.54) is 25.0 Å². The van der Waals surface area contributed by atoms with E-state index in [9.17, 15) is 14.9 Å². The molecule has 114 valence electrons. The maximum absolute atomic E-state index is 12.3. The second-order valence-corrected chi connectivity index (χ2v) is 7.24. The highest BCUT2D eigenvalue weighted by Gasteiger charge is 2.33. The number of carbonyl (C=O) groups is 1. The van der Waals surface area contributed by atoms with Gasteiger partial charge in [-0.25, -0.2) is 0 Å². The number of hydrogen-bond donors (Lipinski definition) is 1. The van der Waals surface area contributed by atoms with Crippen LogP contribution in [-0.2, 0) is 0 Å². The standard InChI is InChI=1S/C14H17BrN2O3S/c1-21-14(7-2-3-8-14)9-16-13(18)10-5-4-6-11(12(10)15)17(19)20/h4-6H,2-3,7-9H2,1H3,(H,16,18). The first kappa shape index (κ1) is 16.3. The highest BCUT2D eigenvalue weighted by atomic mass is 79.9. The third-order valence-corrected chi connectivity index (χ3v) is 6.19. The third-order valence-electron chi connectivity index (χ3n) is 3.94. The largest absolute Gasteiger partial charge is 0.351 e. The van der Waals surface area contributed by atoms with Gasteiger partial charge >= 0.3 is 0 Å². The lowest BCUT2D eigenvalue weighted by atomic mass is 10.1. The van der Waals surface area contributed by atoms with Crippen molar-refractivity contribution in [2.75, 3.05) is 12.8 Å². The number of halogens is 1. The van der Waals surface area contributed by atoms with E-state index in [1.807, 2.05) is 0 Å². The molecular formula is C14H17BrN2O3S. The SMILES string of the molecule is CSC1(CNC(=O)c2cccc([N+](=O)[O-])c2Br)CCCC1. The zero-order valence-corrected chi connectivity index (χ0v) is 14.1. The molecule has 1 aliphatic rings. The summed E-state index contributed by atoms with van der Waals surface area (Å²) in [7, 11) is 0. The van der Waals surface area contributed by atoms with E-state index in [0.29, 0.717) is 12.1 Å². The van der Waals surface area contributed by atoms with Gasteiger partial charge < -0.3 is 5.32 Å². The Morgan fingerprint density at radius 1 is 1.48 bits per heavy atom. The summed E-state index contributed by atoms with van der Waals surface area (Å²) in [5.74, 6) is -0.272. The number of carbonyl (C=O) groups excluding carboxylic acids is 1.